The van der Waals surface area contributed by atoms with Crippen molar-refractivity contribution in [3.63, 3.8) is 0 Å². The topological polar surface area (TPSA) is 80.4 Å². The largest absolute Gasteiger partial charge is 0.367 e. The normalized spacial score (nSPS) is 14.4. The zero-order valence-corrected chi connectivity index (χ0v) is 7.11. The molecule has 0 saturated heterocycles. The minimum absolute atomic E-state index is 0.181. The molecule has 1 unspecified atom stereocenters. The van der Waals surface area contributed by atoms with E-state index in [2.05, 4.69) is 0 Å². The lowest BCUT2D eigenvalue weighted by Crippen LogP contribution is -2.46. The zero-order valence-electron chi connectivity index (χ0n) is 7.11. The van der Waals surface area contributed by atoms with Crippen molar-refractivity contribution in [2.24, 2.45) is 5.73 Å². The molecule has 4 nitrogen and oxygen atoms in total. The summed E-state index contributed by atoms with van der Waals surface area (Å²) in [5.74, 6) is -1.43. The van der Waals surface area contributed by atoms with Gasteiger partial charge >= 0.3 is 6.04 Å². The van der Waals surface area contributed by atoms with E-state index in [0.717, 1.165) is 0 Å². The Balaban J connectivity index is 3.27. The molecule has 0 aromatic heterocycles. The molecule has 1 aromatic rings. The summed E-state index contributed by atoms with van der Waals surface area (Å²) >= 11 is 0. The average molecular weight is 197 g/mol. The Morgan fingerprint density at radius 3 is 2.14 bits per heavy atom. The molecule has 1 amide bonds. The zero-order chi connectivity index (χ0) is 10.8. The van der Waals surface area contributed by atoms with Gasteiger partial charge in [0.15, 0.2) is 0 Å². The maximum absolute atomic E-state index is 12.5. The van der Waals surface area contributed by atoms with Crippen LogP contribution in [0.4, 0.5) is 4.39 Å². The maximum atomic E-state index is 12.5. The Kier molecular flexibility index (Phi) is 2.62. The van der Waals surface area contributed by atoms with Crippen LogP contribution in [0.3, 0.4) is 0 Å². The summed E-state index contributed by atoms with van der Waals surface area (Å²) in [5.41, 5.74) is 1.70. The Labute approximate surface area is 79.1 Å². The minimum Gasteiger partial charge on any atom is -0.367 e. The number of primary amides is 1. The SMILES string of the molecule is NC(=O)C(O)(C(=O)F)c1ccccc1. The fourth-order valence-electron chi connectivity index (χ4n) is 1.03. The van der Waals surface area contributed by atoms with Gasteiger partial charge in [0.05, 0.1) is 0 Å². The van der Waals surface area contributed by atoms with Crippen molar-refractivity contribution >= 4 is 11.9 Å². The second kappa shape index (κ2) is 3.55. The third kappa shape index (κ3) is 1.49. The van der Waals surface area contributed by atoms with Crippen molar-refractivity contribution in [2.75, 3.05) is 0 Å². The first-order valence-corrected chi connectivity index (χ1v) is 3.77. The second-order valence-corrected chi connectivity index (χ2v) is 2.71. The van der Waals surface area contributed by atoms with Crippen LogP contribution in [0.15, 0.2) is 30.3 Å². The smallest absolute Gasteiger partial charge is 0.347 e. The molecular weight excluding hydrogens is 189 g/mol. The quantitative estimate of drug-likeness (QED) is 0.522. The van der Waals surface area contributed by atoms with Gasteiger partial charge < -0.3 is 10.8 Å². The van der Waals surface area contributed by atoms with Gasteiger partial charge in [-0.2, -0.15) is 4.39 Å². The number of rotatable bonds is 3. The molecule has 0 aliphatic heterocycles. The number of hydrogen-bond donors (Lipinski definition) is 2. The van der Waals surface area contributed by atoms with Crippen LogP contribution in [0.25, 0.3) is 0 Å². The van der Waals surface area contributed by atoms with Gasteiger partial charge in [0.2, 0.25) is 0 Å². The van der Waals surface area contributed by atoms with Crippen LogP contribution in [0.1, 0.15) is 5.56 Å². The summed E-state index contributed by atoms with van der Waals surface area (Å²) in [4.78, 5) is 21.3. The summed E-state index contributed by atoms with van der Waals surface area (Å²) < 4.78 is 12.5. The van der Waals surface area contributed by atoms with Gasteiger partial charge in [-0.15, -0.1) is 0 Å². The van der Waals surface area contributed by atoms with Crippen LogP contribution in [0.2, 0.25) is 0 Å². The van der Waals surface area contributed by atoms with Gasteiger partial charge in [-0.3, -0.25) is 9.59 Å². The molecule has 0 fully saturated rings. The lowest BCUT2D eigenvalue weighted by Gasteiger charge is -2.18. The molecule has 3 N–H and O–H groups in total. The molecular formula is C9H8FNO3. The van der Waals surface area contributed by atoms with Crippen LogP contribution >= 0.6 is 0 Å². The van der Waals surface area contributed by atoms with Crippen LogP contribution in [0, 0.1) is 0 Å². The Morgan fingerprint density at radius 1 is 1.29 bits per heavy atom. The molecule has 74 valence electrons. The number of halogens is 1. The molecule has 1 aromatic carbocycles. The molecule has 0 spiro atoms. The van der Waals surface area contributed by atoms with Crippen LogP contribution in [-0.2, 0) is 15.2 Å². The fraction of sp³-hybridized carbons (Fsp3) is 0.111. The van der Waals surface area contributed by atoms with E-state index in [-0.39, 0.29) is 5.56 Å². The molecule has 0 saturated carbocycles. The highest BCUT2D eigenvalue weighted by Gasteiger charge is 2.44. The second-order valence-electron chi connectivity index (χ2n) is 2.71. The van der Waals surface area contributed by atoms with E-state index in [1.807, 2.05) is 0 Å². The van der Waals surface area contributed by atoms with Gasteiger partial charge in [-0.25, -0.2) is 0 Å². The van der Waals surface area contributed by atoms with Gasteiger partial charge in [0, 0.05) is 5.56 Å². The Hall–Kier alpha value is -1.75. The van der Waals surface area contributed by atoms with Gasteiger partial charge in [0.25, 0.3) is 11.5 Å². The van der Waals surface area contributed by atoms with Crippen molar-refractivity contribution in [1.82, 2.24) is 0 Å². The third-order valence-corrected chi connectivity index (χ3v) is 1.83. The van der Waals surface area contributed by atoms with E-state index >= 15 is 0 Å². The Bertz CT molecular complexity index is 350. The maximum Gasteiger partial charge on any atom is 0.347 e. The van der Waals surface area contributed by atoms with E-state index in [0.29, 0.717) is 0 Å². The molecule has 0 aliphatic carbocycles. The summed E-state index contributed by atoms with van der Waals surface area (Å²) in [6, 6.07) is 4.78. The van der Waals surface area contributed by atoms with E-state index in [4.69, 9.17) is 5.73 Å². The van der Waals surface area contributed by atoms with Crippen LogP contribution in [-0.4, -0.2) is 17.1 Å². The first kappa shape index (κ1) is 10.3. The highest BCUT2D eigenvalue weighted by molar-refractivity contribution is 6.05. The van der Waals surface area contributed by atoms with Gasteiger partial charge in [-0.1, -0.05) is 30.3 Å². The van der Waals surface area contributed by atoms with Crippen LogP contribution in [0.5, 0.6) is 0 Å². The molecule has 14 heavy (non-hydrogen) atoms. The molecule has 1 rings (SSSR count). The molecule has 0 heterocycles. The van der Waals surface area contributed by atoms with Gasteiger partial charge in [0.1, 0.15) is 0 Å². The summed E-state index contributed by atoms with van der Waals surface area (Å²) in [6.45, 7) is 0. The highest BCUT2D eigenvalue weighted by Crippen LogP contribution is 2.22. The number of nitrogens with two attached hydrogens (primary N) is 1. The predicted octanol–water partition coefficient (Wildman–Crippen LogP) is -0.144. The number of amides is 1. The van der Waals surface area contributed by atoms with E-state index < -0.39 is 17.5 Å². The van der Waals surface area contributed by atoms with E-state index in [1.54, 1.807) is 6.07 Å². The monoisotopic (exact) mass is 197 g/mol. The van der Waals surface area contributed by atoms with E-state index in [9.17, 15) is 19.1 Å². The van der Waals surface area contributed by atoms with E-state index in [1.165, 1.54) is 24.3 Å². The standard InChI is InChI=1S/C9H8FNO3/c10-7(12)9(14,8(11)13)6-4-2-1-3-5-6/h1-5,14H,(H2,11,13). The summed E-state index contributed by atoms with van der Waals surface area (Å²) in [7, 11) is 0. The molecule has 0 bridgehead atoms. The lowest BCUT2D eigenvalue weighted by atomic mass is 9.94. The lowest BCUT2D eigenvalue weighted by molar-refractivity contribution is -0.159. The van der Waals surface area contributed by atoms with Crippen molar-refractivity contribution in [3.05, 3.63) is 35.9 Å². The van der Waals surface area contributed by atoms with Crippen molar-refractivity contribution in [1.29, 1.82) is 0 Å². The predicted molar refractivity (Wildman–Crippen MR) is 45.6 cm³/mol. The first-order valence-electron chi connectivity index (χ1n) is 3.77. The summed E-state index contributed by atoms with van der Waals surface area (Å²) in [6.07, 6.45) is 0. The number of benzene rings is 1. The van der Waals surface area contributed by atoms with Crippen molar-refractivity contribution in [3.8, 4) is 0 Å². The van der Waals surface area contributed by atoms with Gasteiger partial charge in [-0.05, 0) is 0 Å². The average Bonchev–Trinajstić information content (AvgIpc) is 2.17. The van der Waals surface area contributed by atoms with Crippen molar-refractivity contribution < 1.29 is 19.1 Å². The highest BCUT2D eigenvalue weighted by atomic mass is 19.1. The molecule has 5 heteroatoms. The molecule has 0 aliphatic rings. The number of carbonyl (C=O) groups is 2. The third-order valence-electron chi connectivity index (χ3n) is 1.83. The minimum atomic E-state index is -2.87. The fourth-order valence-corrected chi connectivity index (χ4v) is 1.03. The first-order chi connectivity index (χ1) is 6.49. The summed E-state index contributed by atoms with van der Waals surface area (Å²) in [5, 5.41) is 9.44. The van der Waals surface area contributed by atoms with Crippen LogP contribution < -0.4 is 5.73 Å². The molecule has 0 radical (unpaired) electrons. The van der Waals surface area contributed by atoms with Crippen molar-refractivity contribution in [2.45, 2.75) is 5.60 Å². The number of aliphatic hydroxyl groups is 1. The Morgan fingerprint density at radius 2 is 1.79 bits per heavy atom. The molecule has 1 atom stereocenters. The number of hydrogen-bond acceptors (Lipinski definition) is 3. The number of carbonyl (C=O) groups excluding carboxylic acids is 2.